The summed E-state index contributed by atoms with van der Waals surface area (Å²) >= 11 is 1.52. The summed E-state index contributed by atoms with van der Waals surface area (Å²) < 4.78 is 0. The SMILES string of the molecule is CC[C@H](C)[C@H](NC(=O)[C@H](CC(C)C)NC(=O)[C@@H](NC(=O)[C@H](Cc1ccccc1)NC(=O)[C@H](CC(C)C)NC(=O)[C@@H](N)CCSC)[C@@H](C)CC)C(=O)N[C@@H](CCCCN)C(=O)N[C@@H](CCCN=C(N)N)C(=O)N[C@@H](CO)C(=O)N[C@@H](CCCN=C(N)N)C(=O)N[C@@H](Cc1cnc[nH]1)C(=O)N[C@@H](Cc1ccccc1)C(=O)O. The molecule has 35 nitrogen and oxygen atoms in total. The molecule has 1 aromatic heterocycles. The van der Waals surface area contributed by atoms with Crippen molar-refractivity contribution in [3.8, 4) is 0 Å². The lowest BCUT2D eigenvalue weighted by atomic mass is 9.94. The van der Waals surface area contributed by atoms with Crippen molar-refractivity contribution in [1.82, 2.24) is 68.5 Å². The highest BCUT2D eigenvalue weighted by molar-refractivity contribution is 7.98. The molecule has 0 spiro atoms. The molecular formula is C74H121N21O14S. The van der Waals surface area contributed by atoms with Crippen LogP contribution in [0.3, 0.4) is 0 Å². The standard InChI is InChI=1S/C74H121N21O14S/c1-10-44(7)59(94-67(103)54(35-43(5)6)91-71(107)60(45(8)11-2)95-68(104)55(36-46-22-14-12-15-23-46)89-65(101)53(34-42(3)4)88-61(97)49(76)29-33-110-9)70(106)87-50(26-18-19-30-75)62(98)85-52(28-21-32-83-74(79)80)64(100)93-58(40-96)69(105)86-51(27-20-31-82-73(77)78)63(99)90-56(38-48-39-81-41-84-48)66(102)92-57(72(108)109)37-47-24-16-13-17-25-47/h12-17,22-25,39,41-45,49-60,96H,10-11,18-21,26-38,40,75-76H2,1-9H3,(H,81,84)(H,85,98)(H,86,105)(H,87,106)(H,88,97)(H,89,101)(H,90,99)(H,91,107)(H,92,102)(H,93,100)(H,94,103)(H,95,104)(H,108,109)(H4,77,78,82)(H4,79,80,83)/t44-,45-,49-,50-,51-,52-,53-,54-,55-,56-,57-,58-,59-,60-/m0/s1. The number of amides is 11. The van der Waals surface area contributed by atoms with Gasteiger partial charge in [-0.3, -0.25) is 62.7 Å². The third-order valence-corrected chi connectivity index (χ3v) is 18.9. The largest absolute Gasteiger partial charge is 0.480 e. The minimum absolute atomic E-state index is 0.00473. The number of aliphatic carboxylic acids is 1. The van der Waals surface area contributed by atoms with Crippen LogP contribution in [0.5, 0.6) is 0 Å². The zero-order valence-corrected chi connectivity index (χ0v) is 65.6. The monoisotopic (exact) mass is 1560 g/mol. The zero-order chi connectivity index (χ0) is 82.0. The van der Waals surface area contributed by atoms with Crippen LogP contribution < -0.4 is 92.9 Å². The number of aromatic nitrogens is 2. The summed E-state index contributed by atoms with van der Waals surface area (Å²) in [7, 11) is 0. The highest BCUT2D eigenvalue weighted by Crippen LogP contribution is 2.18. The number of carbonyl (C=O) groups excluding carboxylic acids is 11. The number of rotatable bonds is 53. The Hall–Kier alpha value is -9.94. The first-order valence-electron chi connectivity index (χ1n) is 37.5. The van der Waals surface area contributed by atoms with Gasteiger partial charge in [0.05, 0.1) is 19.0 Å². The van der Waals surface area contributed by atoms with Crippen LogP contribution >= 0.6 is 11.8 Å². The molecular weight excluding hydrogens is 1440 g/mol. The molecule has 36 heteroatoms. The molecule has 0 unspecified atom stereocenters. The molecule has 0 saturated carbocycles. The fourth-order valence-corrected chi connectivity index (χ4v) is 12.1. The average Bonchev–Trinajstić information content (AvgIpc) is 0.851. The molecule has 0 aliphatic heterocycles. The lowest BCUT2D eigenvalue weighted by Gasteiger charge is -2.31. The molecule has 612 valence electrons. The minimum Gasteiger partial charge on any atom is -0.480 e. The van der Waals surface area contributed by atoms with E-state index < -0.39 is 162 Å². The smallest absolute Gasteiger partial charge is 0.326 e. The molecule has 0 aliphatic rings. The van der Waals surface area contributed by atoms with E-state index in [4.69, 9.17) is 34.4 Å². The number of aliphatic imine (C=N–C) groups is 2. The molecule has 0 bridgehead atoms. The van der Waals surface area contributed by atoms with Crippen molar-refractivity contribution in [2.24, 2.45) is 68.1 Å². The van der Waals surface area contributed by atoms with E-state index in [0.29, 0.717) is 48.3 Å². The van der Waals surface area contributed by atoms with Gasteiger partial charge >= 0.3 is 5.97 Å². The van der Waals surface area contributed by atoms with Gasteiger partial charge in [-0.15, -0.1) is 0 Å². The van der Waals surface area contributed by atoms with Gasteiger partial charge in [-0.1, -0.05) is 129 Å². The Labute approximate surface area is 648 Å². The molecule has 0 fully saturated rings. The molecule has 26 N–H and O–H groups in total. The molecule has 14 atom stereocenters. The number of guanidine groups is 2. The van der Waals surface area contributed by atoms with Crippen LogP contribution in [0.2, 0.25) is 0 Å². The molecule has 2 aromatic carbocycles. The number of nitrogens with one attached hydrogen (secondary N) is 12. The van der Waals surface area contributed by atoms with Crippen LogP contribution in [0.1, 0.15) is 149 Å². The predicted molar refractivity (Wildman–Crippen MR) is 420 cm³/mol. The number of imidazole rings is 1. The van der Waals surface area contributed by atoms with Crippen molar-refractivity contribution in [1.29, 1.82) is 0 Å². The third-order valence-electron chi connectivity index (χ3n) is 18.2. The number of nitrogens with two attached hydrogens (primary N) is 6. The lowest BCUT2D eigenvalue weighted by Crippen LogP contribution is -2.62. The normalized spacial score (nSPS) is 15.0. The Kier molecular flexibility index (Phi) is 43.5. The number of hydrogen-bond donors (Lipinski definition) is 20. The molecule has 0 saturated heterocycles. The van der Waals surface area contributed by atoms with Crippen molar-refractivity contribution in [3.63, 3.8) is 0 Å². The number of carboxylic acid groups (broad SMARTS) is 1. The number of nitrogens with zero attached hydrogens (tertiary/aromatic N) is 3. The highest BCUT2D eigenvalue weighted by atomic mass is 32.2. The third kappa shape index (κ3) is 35.2. The van der Waals surface area contributed by atoms with E-state index in [0.717, 1.165) is 0 Å². The molecule has 3 aromatic rings. The van der Waals surface area contributed by atoms with E-state index in [1.54, 1.807) is 81.4 Å². The first kappa shape index (κ1) is 94.3. The Morgan fingerprint density at radius 2 is 0.827 bits per heavy atom. The van der Waals surface area contributed by atoms with Gasteiger partial charge in [0.25, 0.3) is 0 Å². The molecule has 11 amide bonds. The van der Waals surface area contributed by atoms with E-state index in [9.17, 15) is 67.7 Å². The van der Waals surface area contributed by atoms with Gasteiger partial charge in [0.2, 0.25) is 65.0 Å². The van der Waals surface area contributed by atoms with Crippen LogP contribution in [-0.2, 0) is 76.8 Å². The number of aromatic amines is 1. The van der Waals surface area contributed by atoms with Gasteiger partial charge in [0.1, 0.15) is 66.5 Å². The number of hydrogen-bond acceptors (Lipinski definition) is 19. The lowest BCUT2D eigenvalue weighted by molar-refractivity contribution is -0.142. The van der Waals surface area contributed by atoms with E-state index in [1.165, 1.54) is 24.3 Å². The minimum atomic E-state index is -1.82. The number of aliphatic hydroxyl groups excluding tert-OH is 1. The first-order chi connectivity index (χ1) is 52.2. The summed E-state index contributed by atoms with van der Waals surface area (Å²) in [5.74, 6) is -11.8. The summed E-state index contributed by atoms with van der Waals surface area (Å²) in [6.45, 7) is 13.5. The van der Waals surface area contributed by atoms with Crippen molar-refractivity contribution in [2.75, 3.05) is 38.2 Å². The van der Waals surface area contributed by atoms with Crippen molar-refractivity contribution < 1.29 is 67.7 Å². The number of H-pyrrole nitrogens is 1. The molecule has 0 radical (unpaired) electrons. The second-order valence-corrected chi connectivity index (χ2v) is 29.3. The van der Waals surface area contributed by atoms with E-state index >= 15 is 0 Å². The second kappa shape index (κ2) is 50.7. The number of carboxylic acids is 1. The number of aliphatic hydroxyl groups is 1. The van der Waals surface area contributed by atoms with E-state index in [2.05, 4.69) is 78.4 Å². The summed E-state index contributed by atoms with van der Waals surface area (Å²) in [4.78, 5) is 186. The molecule has 0 aliphatic carbocycles. The quantitative estimate of drug-likeness (QED) is 0.0171. The average molecular weight is 1560 g/mol. The van der Waals surface area contributed by atoms with Crippen molar-refractivity contribution in [3.05, 3.63) is 90.0 Å². The van der Waals surface area contributed by atoms with E-state index in [-0.39, 0.29) is 114 Å². The predicted octanol–water partition coefficient (Wildman–Crippen LogP) is -1.65. The molecule has 1 heterocycles. The van der Waals surface area contributed by atoms with Gasteiger partial charge in [-0.2, -0.15) is 11.8 Å². The maximum Gasteiger partial charge on any atom is 0.326 e. The van der Waals surface area contributed by atoms with E-state index in [1.807, 2.05) is 40.9 Å². The van der Waals surface area contributed by atoms with Crippen molar-refractivity contribution in [2.45, 2.75) is 224 Å². The number of thioether (sulfide) groups is 1. The Morgan fingerprint density at radius 3 is 1.24 bits per heavy atom. The zero-order valence-electron chi connectivity index (χ0n) is 64.8. The number of unbranched alkanes of at least 4 members (excludes halogenated alkanes) is 1. The van der Waals surface area contributed by atoms with Gasteiger partial charge in [-0.25, -0.2) is 9.78 Å². The van der Waals surface area contributed by atoms with Crippen LogP contribution in [-0.4, -0.2) is 214 Å². The maximum absolute atomic E-state index is 14.8. The second-order valence-electron chi connectivity index (χ2n) is 28.3. The molecule has 110 heavy (non-hydrogen) atoms. The number of benzene rings is 2. The summed E-state index contributed by atoms with van der Waals surface area (Å²) in [5.41, 5.74) is 36.0. The summed E-state index contributed by atoms with van der Waals surface area (Å²) in [6.07, 6.45) is 5.93. The fourth-order valence-electron chi connectivity index (χ4n) is 11.6. The fraction of sp³-hybridized carbons (Fsp3) is 0.608. The maximum atomic E-state index is 14.8. The van der Waals surface area contributed by atoms with Crippen LogP contribution in [0, 0.1) is 23.7 Å². The number of carbonyl (C=O) groups is 12. The summed E-state index contributed by atoms with van der Waals surface area (Å²) in [5, 5.41) is 50.5. The summed E-state index contributed by atoms with van der Waals surface area (Å²) in [6, 6.07) is 1.10. The van der Waals surface area contributed by atoms with Gasteiger partial charge in [0, 0.05) is 44.2 Å². The van der Waals surface area contributed by atoms with Crippen LogP contribution in [0.25, 0.3) is 0 Å². The molecule has 3 rings (SSSR count). The Morgan fingerprint density at radius 1 is 0.464 bits per heavy atom. The van der Waals surface area contributed by atoms with Crippen molar-refractivity contribution >= 4 is 94.6 Å². The Bertz CT molecular complexity index is 3440. The highest BCUT2D eigenvalue weighted by Gasteiger charge is 2.39. The van der Waals surface area contributed by atoms with Crippen LogP contribution in [0.4, 0.5) is 0 Å². The van der Waals surface area contributed by atoms with Gasteiger partial charge < -0.3 is 108 Å². The topological polar surface area (TPSA) is 587 Å². The van der Waals surface area contributed by atoms with Gasteiger partial charge in [0.15, 0.2) is 11.9 Å². The van der Waals surface area contributed by atoms with Crippen LogP contribution in [0.15, 0.2) is 83.2 Å². The Balaban J connectivity index is 1.97. The van der Waals surface area contributed by atoms with Gasteiger partial charge in [-0.05, 0) is 118 Å². The first-order valence-corrected chi connectivity index (χ1v) is 38.9.